The Labute approximate surface area is 184 Å². The van der Waals surface area contributed by atoms with E-state index < -0.39 is 9.84 Å². The van der Waals surface area contributed by atoms with Crippen molar-refractivity contribution in [3.63, 3.8) is 0 Å². The Morgan fingerprint density at radius 2 is 1.93 bits per heavy atom. The van der Waals surface area contributed by atoms with Crippen LogP contribution in [0.4, 0.5) is 0 Å². The zero-order valence-electron chi connectivity index (χ0n) is 16.5. The molecule has 3 rings (SSSR count). The van der Waals surface area contributed by atoms with E-state index in [4.69, 9.17) is 14.5 Å². The zero-order valence-corrected chi connectivity index (χ0v) is 19.6. The topological polar surface area (TPSA) is 80.2 Å². The molecule has 1 aromatic carbocycles. The van der Waals surface area contributed by atoms with Crippen LogP contribution in [-0.4, -0.2) is 70.6 Å². The van der Waals surface area contributed by atoms with Gasteiger partial charge in [-0.15, -0.1) is 24.0 Å². The Balaban J connectivity index is 0.00000280. The van der Waals surface area contributed by atoms with E-state index in [0.29, 0.717) is 18.0 Å². The van der Waals surface area contributed by atoms with Crippen LogP contribution in [0, 0.1) is 0 Å². The fourth-order valence-electron chi connectivity index (χ4n) is 3.42. The maximum absolute atomic E-state index is 11.6. The van der Waals surface area contributed by atoms with Crippen molar-refractivity contribution in [2.45, 2.75) is 43.4 Å². The summed E-state index contributed by atoms with van der Waals surface area (Å²) in [7, 11) is -3.17. The molecule has 1 aromatic rings. The molecule has 0 radical (unpaired) electrons. The van der Waals surface area contributed by atoms with Crippen LogP contribution in [-0.2, 0) is 25.9 Å². The van der Waals surface area contributed by atoms with Crippen molar-refractivity contribution in [3.05, 3.63) is 29.8 Å². The number of halogens is 1. The Morgan fingerprint density at radius 1 is 1.21 bits per heavy atom. The third kappa shape index (κ3) is 6.30. The molecule has 2 unspecified atom stereocenters. The second-order valence-corrected chi connectivity index (χ2v) is 9.01. The Morgan fingerprint density at radius 3 is 2.54 bits per heavy atom. The van der Waals surface area contributed by atoms with Gasteiger partial charge in [-0.1, -0.05) is 12.1 Å². The van der Waals surface area contributed by atoms with Gasteiger partial charge in [-0.25, -0.2) is 13.4 Å². The summed E-state index contributed by atoms with van der Waals surface area (Å²) in [5.41, 5.74) is 0.974. The fraction of sp³-hybridized carbons (Fsp3) is 0.632. The van der Waals surface area contributed by atoms with Crippen LogP contribution in [0.2, 0.25) is 0 Å². The van der Waals surface area contributed by atoms with Gasteiger partial charge in [0.2, 0.25) is 0 Å². The lowest BCUT2D eigenvalue weighted by Gasteiger charge is -2.37. The maximum Gasteiger partial charge on any atom is 0.194 e. The highest BCUT2D eigenvalue weighted by atomic mass is 127. The molecular weight excluding hydrogens is 493 g/mol. The normalized spacial score (nSPS) is 23.4. The lowest BCUT2D eigenvalue weighted by molar-refractivity contribution is -0.0817. The average Bonchev–Trinajstić information content (AvgIpc) is 3.20. The van der Waals surface area contributed by atoms with Gasteiger partial charge in [0.15, 0.2) is 15.8 Å². The van der Waals surface area contributed by atoms with Gasteiger partial charge >= 0.3 is 0 Å². The van der Waals surface area contributed by atoms with Crippen molar-refractivity contribution in [2.24, 2.45) is 4.99 Å². The van der Waals surface area contributed by atoms with E-state index in [1.807, 2.05) is 12.1 Å². The molecule has 0 aliphatic carbocycles. The molecule has 2 atom stereocenters. The highest BCUT2D eigenvalue weighted by molar-refractivity contribution is 14.0. The molecule has 2 saturated heterocycles. The molecule has 9 heteroatoms. The van der Waals surface area contributed by atoms with E-state index in [-0.39, 0.29) is 36.2 Å². The van der Waals surface area contributed by atoms with Crippen molar-refractivity contribution < 1.29 is 17.9 Å². The van der Waals surface area contributed by atoms with Crippen LogP contribution in [0.1, 0.15) is 25.3 Å². The third-order valence-electron chi connectivity index (χ3n) is 4.87. The second kappa shape index (κ2) is 10.7. The van der Waals surface area contributed by atoms with Crippen molar-refractivity contribution >= 4 is 39.8 Å². The predicted octanol–water partition coefficient (Wildman–Crippen LogP) is 2.05. The lowest BCUT2D eigenvalue weighted by atomic mass is 10.1. The Kier molecular flexibility index (Phi) is 8.97. The Hall–Kier alpha value is -0.910. The second-order valence-electron chi connectivity index (χ2n) is 6.99. The molecule has 1 N–H and O–H groups in total. The number of ether oxygens (including phenoxy) is 2. The first-order valence-electron chi connectivity index (χ1n) is 9.53. The zero-order chi connectivity index (χ0) is 19.3. The van der Waals surface area contributed by atoms with Gasteiger partial charge in [0.1, 0.15) is 6.10 Å². The first-order chi connectivity index (χ1) is 13.0. The minimum absolute atomic E-state index is 0. The highest BCUT2D eigenvalue weighted by Gasteiger charge is 2.32. The number of hydrogen-bond donors (Lipinski definition) is 1. The summed E-state index contributed by atoms with van der Waals surface area (Å²) in [5.74, 6) is 0.857. The number of aliphatic imine (C=N–C) groups is 1. The van der Waals surface area contributed by atoms with Crippen LogP contribution in [0.25, 0.3) is 0 Å². The van der Waals surface area contributed by atoms with Crippen molar-refractivity contribution in [2.75, 3.05) is 39.1 Å². The summed E-state index contributed by atoms with van der Waals surface area (Å²) in [6.07, 6.45) is 3.63. The van der Waals surface area contributed by atoms with Gasteiger partial charge in [0.25, 0.3) is 0 Å². The monoisotopic (exact) mass is 523 g/mol. The molecule has 2 fully saturated rings. The molecule has 2 aliphatic rings. The molecule has 0 bridgehead atoms. The number of rotatable bonds is 5. The molecule has 28 heavy (non-hydrogen) atoms. The number of benzene rings is 1. The van der Waals surface area contributed by atoms with Crippen LogP contribution in [0.3, 0.4) is 0 Å². The smallest absolute Gasteiger partial charge is 0.194 e. The summed E-state index contributed by atoms with van der Waals surface area (Å²) < 4.78 is 34.9. The van der Waals surface area contributed by atoms with Gasteiger partial charge in [-0.3, -0.25) is 0 Å². The Bertz CT molecular complexity index is 749. The predicted molar refractivity (Wildman–Crippen MR) is 120 cm³/mol. The summed E-state index contributed by atoms with van der Waals surface area (Å²) >= 11 is 0. The van der Waals surface area contributed by atoms with Crippen LogP contribution >= 0.6 is 24.0 Å². The van der Waals surface area contributed by atoms with E-state index in [0.717, 1.165) is 50.6 Å². The van der Waals surface area contributed by atoms with Gasteiger partial charge in [-0.2, -0.15) is 0 Å². The van der Waals surface area contributed by atoms with Gasteiger partial charge in [-0.05, 0) is 37.5 Å². The van der Waals surface area contributed by atoms with Crippen LogP contribution in [0.5, 0.6) is 0 Å². The van der Waals surface area contributed by atoms with Gasteiger partial charge in [0, 0.05) is 32.5 Å². The van der Waals surface area contributed by atoms with E-state index in [1.165, 1.54) is 6.26 Å². The number of hydrogen-bond acceptors (Lipinski definition) is 5. The van der Waals surface area contributed by atoms with E-state index in [9.17, 15) is 8.42 Å². The molecule has 2 aliphatic heterocycles. The molecule has 0 aromatic heterocycles. The quantitative estimate of drug-likeness (QED) is 0.362. The van der Waals surface area contributed by atoms with E-state index in [2.05, 4.69) is 17.1 Å². The van der Waals surface area contributed by atoms with Gasteiger partial charge in [0.05, 0.1) is 24.2 Å². The van der Waals surface area contributed by atoms with Crippen LogP contribution in [0.15, 0.2) is 34.2 Å². The van der Waals surface area contributed by atoms with Crippen LogP contribution < -0.4 is 5.32 Å². The number of morpholine rings is 1. The number of nitrogens with one attached hydrogen (secondary N) is 1. The molecule has 2 heterocycles. The lowest BCUT2D eigenvalue weighted by Crippen LogP contribution is -2.53. The first kappa shape index (κ1) is 23.4. The van der Waals surface area contributed by atoms with E-state index in [1.54, 1.807) is 12.1 Å². The van der Waals surface area contributed by atoms with Crippen molar-refractivity contribution in [1.82, 2.24) is 10.2 Å². The molecule has 0 saturated carbocycles. The average molecular weight is 523 g/mol. The summed E-state index contributed by atoms with van der Waals surface area (Å²) in [6, 6.07) is 6.90. The highest BCUT2D eigenvalue weighted by Crippen LogP contribution is 2.21. The molecule has 0 spiro atoms. The SMILES string of the molecule is CCNC(=NCc1ccc(S(C)(=O)=O)cc1)N1CCOC(C2CCCO2)C1.I. The molecular formula is C19H30IN3O4S. The molecule has 7 nitrogen and oxygen atoms in total. The molecule has 0 amide bonds. The summed E-state index contributed by atoms with van der Waals surface area (Å²) in [5, 5.41) is 3.35. The van der Waals surface area contributed by atoms with E-state index >= 15 is 0 Å². The summed E-state index contributed by atoms with van der Waals surface area (Å²) in [4.78, 5) is 7.30. The van der Waals surface area contributed by atoms with Crippen molar-refractivity contribution in [1.29, 1.82) is 0 Å². The first-order valence-corrected chi connectivity index (χ1v) is 11.4. The third-order valence-corrected chi connectivity index (χ3v) is 6.00. The van der Waals surface area contributed by atoms with Gasteiger partial charge < -0.3 is 19.7 Å². The minimum Gasteiger partial charge on any atom is -0.375 e. The number of nitrogens with zero attached hydrogens (tertiary/aromatic N) is 2. The maximum atomic E-state index is 11.6. The molecule has 158 valence electrons. The minimum atomic E-state index is -3.17. The summed E-state index contributed by atoms with van der Waals surface area (Å²) in [6.45, 7) is 6.38. The largest absolute Gasteiger partial charge is 0.375 e. The number of sulfone groups is 1. The van der Waals surface area contributed by atoms with Crippen molar-refractivity contribution in [3.8, 4) is 0 Å². The standard InChI is InChI=1S/C19H29N3O4S.HI/c1-3-20-19(21-13-15-6-8-16(9-7-15)27(2,23)24)22-10-12-26-18(14-22)17-5-4-11-25-17;/h6-9,17-18H,3-5,10-14H2,1-2H3,(H,20,21);1H. The number of guanidine groups is 1. The fourth-order valence-corrected chi connectivity index (χ4v) is 4.05.